The van der Waals surface area contributed by atoms with E-state index in [1.54, 1.807) is 24.7 Å². The third kappa shape index (κ3) is 6.06. The Bertz CT molecular complexity index is 2160. The fourth-order valence-electron chi connectivity index (χ4n) is 5.55. The van der Waals surface area contributed by atoms with Gasteiger partial charge in [-0.25, -0.2) is 17.5 Å². The number of sulfonamides is 1. The number of rotatable bonds is 9. The number of fused-ring (bicyclic) bond motifs is 2. The van der Waals surface area contributed by atoms with Gasteiger partial charge in [0.25, 0.3) is 0 Å². The van der Waals surface area contributed by atoms with E-state index in [4.69, 9.17) is 0 Å². The van der Waals surface area contributed by atoms with Gasteiger partial charge in [0, 0.05) is 40.9 Å². The van der Waals surface area contributed by atoms with Crippen LogP contribution in [-0.4, -0.2) is 40.7 Å². The molecule has 0 saturated heterocycles. The summed E-state index contributed by atoms with van der Waals surface area (Å²) >= 11 is 0. The average Bonchev–Trinajstić information content (AvgIpc) is 3.82. The number of pyridine rings is 2. The lowest BCUT2D eigenvalue weighted by Gasteiger charge is -2.27. The van der Waals surface area contributed by atoms with Gasteiger partial charge < -0.3 is 16.0 Å². The Morgan fingerprint density at radius 2 is 1.89 bits per heavy atom. The number of carbonyl (C=O) groups excluding carboxylic acids is 1. The molecule has 46 heavy (non-hydrogen) atoms. The first-order valence-corrected chi connectivity index (χ1v) is 16.8. The molecule has 2 aromatic carbocycles. The van der Waals surface area contributed by atoms with Crippen molar-refractivity contribution in [2.75, 3.05) is 22.2 Å². The summed E-state index contributed by atoms with van der Waals surface area (Å²) in [5, 5.41) is 18.6. The summed E-state index contributed by atoms with van der Waals surface area (Å²) in [4.78, 5) is 21.2. The zero-order valence-electron chi connectivity index (χ0n) is 25.1. The van der Waals surface area contributed by atoms with Crippen molar-refractivity contribution in [3.63, 3.8) is 0 Å². The minimum absolute atomic E-state index is 0.0135. The first-order chi connectivity index (χ1) is 22.1. The number of amides is 1. The van der Waals surface area contributed by atoms with Crippen molar-refractivity contribution in [3.8, 4) is 22.4 Å². The van der Waals surface area contributed by atoms with Crippen LogP contribution in [0.15, 0.2) is 72.8 Å². The van der Waals surface area contributed by atoms with Gasteiger partial charge in [-0.3, -0.25) is 19.9 Å². The van der Waals surface area contributed by atoms with Crippen LogP contribution in [0.2, 0.25) is 0 Å². The van der Waals surface area contributed by atoms with Crippen molar-refractivity contribution in [3.05, 3.63) is 89.9 Å². The number of aromatic amines is 1. The van der Waals surface area contributed by atoms with Crippen molar-refractivity contribution in [2.24, 2.45) is 5.92 Å². The van der Waals surface area contributed by atoms with E-state index >= 15 is 0 Å². The predicted molar refractivity (Wildman–Crippen MR) is 176 cm³/mol. The number of nitrogens with one attached hydrogen (secondary N) is 5. The number of hydrogen-bond donors (Lipinski definition) is 5. The summed E-state index contributed by atoms with van der Waals surface area (Å²) < 4.78 is 40.4. The molecule has 5 aromatic rings. The summed E-state index contributed by atoms with van der Waals surface area (Å²) in [5.74, 6) is -0.366. The van der Waals surface area contributed by atoms with E-state index in [0.717, 1.165) is 63.9 Å². The number of H-pyrrole nitrogens is 1. The lowest BCUT2D eigenvalue weighted by molar-refractivity contribution is -0.117. The summed E-state index contributed by atoms with van der Waals surface area (Å²) in [6.45, 7) is 2.01. The quantitative estimate of drug-likeness (QED) is 0.135. The number of carbonyl (C=O) groups is 1. The van der Waals surface area contributed by atoms with Crippen molar-refractivity contribution < 1.29 is 17.6 Å². The van der Waals surface area contributed by atoms with E-state index in [-0.39, 0.29) is 18.4 Å². The van der Waals surface area contributed by atoms with E-state index in [2.05, 4.69) is 40.8 Å². The fraction of sp³-hybridized carbons (Fsp3) is 0.212. The molecule has 5 N–H and O–H groups in total. The summed E-state index contributed by atoms with van der Waals surface area (Å²) in [7, 11) is -3.44. The van der Waals surface area contributed by atoms with Crippen molar-refractivity contribution in [1.82, 2.24) is 24.9 Å². The Morgan fingerprint density at radius 1 is 1.04 bits per heavy atom. The Morgan fingerprint density at radius 3 is 2.67 bits per heavy atom. The lowest BCUT2D eigenvalue weighted by atomic mass is 9.97. The largest absolute Gasteiger partial charge is 0.355 e. The third-order valence-electron chi connectivity index (χ3n) is 8.00. The Labute approximate surface area is 264 Å². The van der Waals surface area contributed by atoms with E-state index < -0.39 is 15.8 Å². The highest BCUT2D eigenvalue weighted by Gasteiger charge is 2.30. The highest BCUT2D eigenvalue weighted by molar-refractivity contribution is 7.88. The highest BCUT2D eigenvalue weighted by Crippen LogP contribution is 2.42. The van der Waals surface area contributed by atoms with Crippen molar-refractivity contribution in [2.45, 2.75) is 32.7 Å². The normalized spacial score (nSPS) is 14.5. The second-order valence-corrected chi connectivity index (χ2v) is 13.4. The first-order valence-electron chi connectivity index (χ1n) is 14.9. The third-order valence-corrected chi connectivity index (χ3v) is 8.66. The average molecular weight is 639 g/mol. The number of nitrogens with zero attached hydrogens (tertiary/aromatic N) is 3. The Kier molecular flexibility index (Phi) is 7.49. The molecule has 2 aliphatic rings. The van der Waals surface area contributed by atoms with E-state index in [1.165, 1.54) is 12.1 Å². The number of aromatic nitrogens is 4. The second-order valence-electron chi connectivity index (χ2n) is 11.5. The molecule has 7 rings (SSSR count). The van der Waals surface area contributed by atoms with Gasteiger partial charge in [-0.05, 0) is 66.8 Å². The molecular weight excluding hydrogens is 607 g/mol. The van der Waals surface area contributed by atoms with Gasteiger partial charge in [-0.1, -0.05) is 19.1 Å². The maximum atomic E-state index is 14.7. The Hall–Kier alpha value is -5.14. The van der Waals surface area contributed by atoms with Crippen molar-refractivity contribution >= 4 is 49.6 Å². The molecule has 1 amide bonds. The molecule has 11 nitrogen and oxygen atoms in total. The van der Waals surface area contributed by atoms with Gasteiger partial charge in [0.05, 0.1) is 52.6 Å². The minimum Gasteiger partial charge on any atom is -0.355 e. The molecule has 234 valence electrons. The fourth-order valence-corrected chi connectivity index (χ4v) is 5.98. The highest BCUT2D eigenvalue weighted by atomic mass is 32.2. The van der Waals surface area contributed by atoms with Gasteiger partial charge in [0.15, 0.2) is 0 Å². The molecule has 1 fully saturated rings. The zero-order chi connectivity index (χ0) is 32.0. The van der Waals surface area contributed by atoms with Crippen molar-refractivity contribution in [1.29, 1.82) is 0 Å². The maximum absolute atomic E-state index is 14.7. The number of para-hydroxylation sites is 1. The number of halogens is 1. The smallest absolute Gasteiger partial charge is 0.227 e. The van der Waals surface area contributed by atoms with Crippen LogP contribution < -0.4 is 20.7 Å². The van der Waals surface area contributed by atoms with E-state index in [1.807, 2.05) is 37.3 Å². The standard InChI is InChI=1S/C33H31FN8O3S/c1-3-26-32(40-27-6-4-5-24(30(27)39-26)20-9-18(10-22(34)11-20)14-37-46(2,44)45)31-25-13-28(36-17-29(25)41-42-31)21-12-23(16-35-15-21)38-33(43)19-7-8-19/h4-6,9-13,15-17,19,37,39-40H,3,7-8,14H2,1-2H3,(H,38,43)(H,41,42). The number of allylic oxidation sites excluding steroid dienone is 1. The summed E-state index contributed by atoms with van der Waals surface area (Å²) in [6.07, 6.45) is 8.61. The molecule has 0 spiro atoms. The summed E-state index contributed by atoms with van der Waals surface area (Å²) in [6, 6.07) is 14.0. The number of anilines is 3. The van der Waals surface area contributed by atoms with Crippen LogP contribution in [0.1, 0.15) is 37.4 Å². The van der Waals surface area contributed by atoms with Gasteiger partial charge in [0.1, 0.15) is 11.5 Å². The molecule has 4 heterocycles. The lowest BCUT2D eigenvalue weighted by Crippen LogP contribution is -2.21. The molecule has 1 saturated carbocycles. The van der Waals surface area contributed by atoms with Crippen LogP contribution in [0.5, 0.6) is 0 Å². The second kappa shape index (κ2) is 11.7. The Balaban J connectivity index is 1.22. The number of benzene rings is 2. The van der Waals surface area contributed by atoms with Crippen LogP contribution in [-0.2, 0) is 21.4 Å². The van der Waals surface area contributed by atoms with Gasteiger partial charge in [0.2, 0.25) is 15.9 Å². The molecule has 3 aromatic heterocycles. The molecule has 1 aliphatic carbocycles. The molecule has 13 heteroatoms. The van der Waals surface area contributed by atoms with Gasteiger partial charge >= 0.3 is 0 Å². The van der Waals surface area contributed by atoms with Crippen LogP contribution in [0.3, 0.4) is 0 Å². The van der Waals surface area contributed by atoms with E-state index in [0.29, 0.717) is 34.6 Å². The van der Waals surface area contributed by atoms with E-state index in [9.17, 15) is 17.6 Å². The topological polar surface area (TPSA) is 154 Å². The minimum atomic E-state index is -3.44. The molecule has 0 unspecified atom stereocenters. The molecule has 0 bridgehead atoms. The van der Waals surface area contributed by atoms with Crippen LogP contribution in [0.25, 0.3) is 39.0 Å². The van der Waals surface area contributed by atoms with Gasteiger partial charge in [-0.2, -0.15) is 5.10 Å². The predicted octanol–water partition coefficient (Wildman–Crippen LogP) is 5.84. The molecule has 0 atom stereocenters. The molecule has 0 radical (unpaired) electrons. The van der Waals surface area contributed by atoms with Crippen LogP contribution in [0.4, 0.5) is 21.5 Å². The maximum Gasteiger partial charge on any atom is 0.227 e. The van der Waals surface area contributed by atoms with Crippen LogP contribution in [0, 0.1) is 11.7 Å². The molecule has 1 aliphatic heterocycles. The number of hydrogen-bond acceptors (Lipinski definition) is 8. The van der Waals surface area contributed by atoms with Crippen LogP contribution >= 0.6 is 0 Å². The monoisotopic (exact) mass is 638 g/mol. The zero-order valence-corrected chi connectivity index (χ0v) is 25.9. The SMILES string of the molecule is CCC1=C(c2n[nH]c3cnc(-c4cncc(NC(=O)C5CC5)c4)cc23)Nc2cccc(-c3cc(F)cc(CNS(C)(=O)=O)c3)c2N1. The van der Waals surface area contributed by atoms with Gasteiger partial charge in [-0.15, -0.1) is 0 Å². The first kappa shape index (κ1) is 29.6. The molecular formula is C33H31FN8O3S. The summed E-state index contributed by atoms with van der Waals surface area (Å²) in [5.41, 5.74) is 8.62.